The Morgan fingerprint density at radius 3 is 2.94 bits per heavy atom. The molecular weight excluding hydrogens is 421 g/mol. The summed E-state index contributed by atoms with van der Waals surface area (Å²) in [7, 11) is 0. The molecule has 0 spiro atoms. The highest BCUT2D eigenvalue weighted by Crippen LogP contribution is 2.35. The summed E-state index contributed by atoms with van der Waals surface area (Å²) in [5.74, 6) is -0.138. The molecule has 1 N–H and O–H groups in total. The van der Waals surface area contributed by atoms with E-state index in [1.165, 1.54) is 12.1 Å². The Bertz CT molecular complexity index is 1120. The van der Waals surface area contributed by atoms with Gasteiger partial charge in [-0.3, -0.25) is 9.78 Å². The SMILES string of the molecule is C=CC(=O)NC1COCCN(c2ccc(F)c(Cl)c2)c2ccnc3ccc(cc23)OC1. The van der Waals surface area contributed by atoms with Gasteiger partial charge in [0.25, 0.3) is 0 Å². The third kappa shape index (κ3) is 4.78. The Labute approximate surface area is 184 Å². The van der Waals surface area contributed by atoms with Crippen molar-refractivity contribution in [2.45, 2.75) is 6.04 Å². The fourth-order valence-electron chi connectivity index (χ4n) is 3.45. The summed E-state index contributed by atoms with van der Waals surface area (Å²) in [6.07, 6.45) is 2.94. The smallest absolute Gasteiger partial charge is 0.243 e. The number of benzene rings is 2. The summed E-state index contributed by atoms with van der Waals surface area (Å²) in [4.78, 5) is 18.2. The van der Waals surface area contributed by atoms with Crippen molar-refractivity contribution in [2.24, 2.45) is 0 Å². The Hall–Kier alpha value is -3.16. The molecule has 160 valence electrons. The van der Waals surface area contributed by atoms with Crippen molar-refractivity contribution in [3.8, 4) is 5.75 Å². The van der Waals surface area contributed by atoms with Crippen LogP contribution >= 0.6 is 11.6 Å². The van der Waals surface area contributed by atoms with Gasteiger partial charge in [0.2, 0.25) is 5.91 Å². The number of halogens is 2. The van der Waals surface area contributed by atoms with Crippen LogP contribution in [0.3, 0.4) is 0 Å². The second-order valence-corrected chi connectivity index (χ2v) is 7.46. The number of hydrogen-bond acceptors (Lipinski definition) is 5. The number of carbonyl (C=O) groups excluding carboxylic acids is 1. The summed E-state index contributed by atoms with van der Waals surface area (Å²) < 4.78 is 25.5. The number of nitrogens with one attached hydrogen (secondary N) is 1. The maximum atomic E-state index is 13.8. The molecular formula is C23H21ClFN3O3. The van der Waals surface area contributed by atoms with Crippen LogP contribution in [-0.4, -0.2) is 43.3 Å². The molecule has 1 amide bonds. The van der Waals surface area contributed by atoms with E-state index in [1.54, 1.807) is 18.3 Å². The third-order valence-electron chi connectivity index (χ3n) is 4.96. The largest absolute Gasteiger partial charge is 0.491 e. The Kier molecular flexibility index (Phi) is 6.34. The van der Waals surface area contributed by atoms with Crippen molar-refractivity contribution < 1.29 is 18.7 Å². The van der Waals surface area contributed by atoms with Gasteiger partial charge in [-0.05, 0) is 48.5 Å². The average Bonchev–Trinajstić information content (AvgIpc) is 2.78. The van der Waals surface area contributed by atoms with Crippen LogP contribution in [-0.2, 0) is 9.53 Å². The average molecular weight is 442 g/mol. The van der Waals surface area contributed by atoms with Crippen molar-refractivity contribution in [3.05, 3.63) is 72.2 Å². The Balaban J connectivity index is 1.75. The molecule has 31 heavy (non-hydrogen) atoms. The fraction of sp³-hybridized carbons (Fsp3) is 0.217. The minimum absolute atomic E-state index is 0.0409. The summed E-state index contributed by atoms with van der Waals surface area (Å²) >= 11 is 6.05. The lowest BCUT2D eigenvalue weighted by molar-refractivity contribution is -0.117. The van der Waals surface area contributed by atoms with Crippen LogP contribution in [0.4, 0.5) is 15.8 Å². The molecule has 1 aliphatic heterocycles. The molecule has 8 heteroatoms. The van der Waals surface area contributed by atoms with Crippen LogP contribution in [0, 0.1) is 5.82 Å². The molecule has 0 radical (unpaired) electrons. The van der Waals surface area contributed by atoms with Gasteiger partial charge in [0.15, 0.2) is 0 Å². The lowest BCUT2D eigenvalue weighted by Gasteiger charge is -2.28. The summed E-state index contributed by atoms with van der Waals surface area (Å²) in [6, 6.07) is 11.8. The molecule has 2 bridgehead atoms. The summed E-state index contributed by atoms with van der Waals surface area (Å²) in [5.41, 5.74) is 2.39. The van der Waals surface area contributed by atoms with E-state index >= 15 is 0 Å². The first kappa shape index (κ1) is 21.1. The molecule has 0 fully saturated rings. The fourth-order valence-corrected chi connectivity index (χ4v) is 3.62. The predicted molar refractivity (Wildman–Crippen MR) is 119 cm³/mol. The van der Waals surface area contributed by atoms with E-state index in [4.69, 9.17) is 21.1 Å². The normalized spacial score (nSPS) is 16.8. The second kappa shape index (κ2) is 9.32. The predicted octanol–water partition coefficient (Wildman–Crippen LogP) is 4.25. The second-order valence-electron chi connectivity index (χ2n) is 7.05. The number of carbonyl (C=O) groups is 1. The van der Waals surface area contributed by atoms with Crippen molar-refractivity contribution in [3.63, 3.8) is 0 Å². The zero-order valence-corrected chi connectivity index (χ0v) is 17.4. The molecule has 0 aliphatic carbocycles. The molecule has 0 saturated heterocycles. The van der Waals surface area contributed by atoms with Crippen molar-refractivity contribution in [1.82, 2.24) is 10.3 Å². The number of rotatable bonds is 3. The standard InChI is InChI=1S/C23H21ClFN3O3/c1-2-23(29)27-15-13-30-10-9-28(16-3-5-20(25)19(24)11-16)22-7-8-26-21-6-4-17(31-14-15)12-18(21)22/h2-8,11-12,15H,1,9-10,13-14H2,(H,27,29). The first-order chi connectivity index (χ1) is 15.0. The number of fused-ring (bicyclic) bond motifs is 1. The van der Waals surface area contributed by atoms with Crippen LogP contribution in [0.5, 0.6) is 5.75 Å². The number of aromatic nitrogens is 1. The topological polar surface area (TPSA) is 63.7 Å². The quantitative estimate of drug-likeness (QED) is 0.616. The molecule has 2 heterocycles. The first-order valence-electron chi connectivity index (χ1n) is 9.80. The minimum atomic E-state index is -0.480. The monoisotopic (exact) mass is 441 g/mol. The molecule has 0 saturated carbocycles. The maximum absolute atomic E-state index is 13.8. The van der Waals surface area contributed by atoms with Gasteiger partial charge in [0.1, 0.15) is 18.2 Å². The van der Waals surface area contributed by atoms with E-state index in [0.29, 0.717) is 18.9 Å². The highest BCUT2D eigenvalue weighted by atomic mass is 35.5. The molecule has 4 rings (SSSR count). The number of hydrogen-bond donors (Lipinski definition) is 1. The number of amides is 1. The highest BCUT2D eigenvalue weighted by molar-refractivity contribution is 6.31. The van der Waals surface area contributed by atoms with Crippen LogP contribution in [0.15, 0.2) is 61.3 Å². The maximum Gasteiger partial charge on any atom is 0.243 e. The zero-order chi connectivity index (χ0) is 21.8. The van der Waals surface area contributed by atoms with Gasteiger partial charge in [-0.2, -0.15) is 0 Å². The molecule has 1 atom stereocenters. The van der Waals surface area contributed by atoms with Crippen LogP contribution < -0.4 is 15.0 Å². The van der Waals surface area contributed by atoms with E-state index in [9.17, 15) is 9.18 Å². The first-order valence-corrected chi connectivity index (χ1v) is 10.2. The van der Waals surface area contributed by atoms with Gasteiger partial charge < -0.3 is 19.7 Å². The van der Waals surface area contributed by atoms with Crippen LogP contribution in [0.2, 0.25) is 5.02 Å². The molecule has 1 unspecified atom stereocenters. The van der Waals surface area contributed by atoms with Gasteiger partial charge >= 0.3 is 0 Å². The molecule has 2 aromatic carbocycles. The third-order valence-corrected chi connectivity index (χ3v) is 5.25. The van der Waals surface area contributed by atoms with Crippen molar-refractivity contribution in [2.75, 3.05) is 31.3 Å². The lowest BCUT2D eigenvalue weighted by atomic mass is 10.1. The van der Waals surface area contributed by atoms with Gasteiger partial charge in [-0.25, -0.2) is 4.39 Å². The molecule has 1 aliphatic rings. The van der Waals surface area contributed by atoms with Crippen molar-refractivity contribution >= 4 is 39.8 Å². The van der Waals surface area contributed by atoms with E-state index in [2.05, 4.69) is 16.9 Å². The highest BCUT2D eigenvalue weighted by Gasteiger charge is 2.18. The van der Waals surface area contributed by atoms with Gasteiger partial charge in [0, 0.05) is 23.8 Å². The number of nitrogens with zero attached hydrogens (tertiary/aromatic N) is 2. The number of ether oxygens (including phenoxy) is 2. The van der Waals surface area contributed by atoms with Crippen molar-refractivity contribution in [1.29, 1.82) is 0 Å². The van der Waals surface area contributed by atoms with Crippen LogP contribution in [0.1, 0.15) is 0 Å². The molecule has 3 aromatic rings. The minimum Gasteiger partial charge on any atom is -0.491 e. The summed E-state index contributed by atoms with van der Waals surface area (Å²) in [5, 5.41) is 3.72. The van der Waals surface area contributed by atoms with E-state index in [1.807, 2.05) is 29.2 Å². The summed E-state index contributed by atoms with van der Waals surface area (Å²) in [6.45, 7) is 4.84. The lowest BCUT2D eigenvalue weighted by Crippen LogP contribution is -2.42. The van der Waals surface area contributed by atoms with E-state index in [0.717, 1.165) is 22.3 Å². The Morgan fingerprint density at radius 1 is 1.26 bits per heavy atom. The zero-order valence-electron chi connectivity index (χ0n) is 16.7. The number of pyridine rings is 1. The van der Waals surface area contributed by atoms with Gasteiger partial charge in [-0.15, -0.1) is 0 Å². The van der Waals surface area contributed by atoms with E-state index in [-0.39, 0.29) is 30.2 Å². The van der Waals surface area contributed by atoms with E-state index < -0.39 is 5.82 Å². The molecule has 1 aromatic heterocycles. The Morgan fingerprint density at radius 2 is 2.13 bits per heavy atom. The molecule has 6 nitrogen and oxygen atoms in total. The van der Waals surface area contributed by atoms with Crippen LogP contribution in [0.25, 0.3) is 10.9 Å². The van der Waals surface area contributed by atoms with Gasteiger partial charge in [0.05, 0.1) is 35.5 Å². The number of anilines is 2. The van der Waals surface area contributed by atoms with Gasteiger partial charge in [-0.1, -0.05) is 18.2 Å².